The molecule has 0 unspecified atom stereocenters. The number of aliphatic hydroxyl groups is 1. The number of hydrazine groups is 1. The summed E-state index contributed by atoms with van der Waals surface area (Å²) in [5, 5.41) is 11.3. The number of unbranched alkanes of at least 4 members (excludes halogenated alkanes) is 1. The Morgan fingerprint density at radius 3 is 2.58 bits per heavy atom. The Bertz CT molecular complexity index is 766. The fourth-order valence-electron chi connectivity index (χ4n) is 2.83. The smallest absolute Gasteiger partial charge is 0.275 e. The van der Waals surface area contributed by atoms with Gasteiger partial charge in [0.15, 0.2) is 0 Å². The van der Waals surface area contributed by atoms with Gasteiger partial charge >= 0.3 is 0 Å². The first-order valence-electron chi connectivity index (χ1n) is 8.10. The average Bonchev–Trinajstić information content (AvgIpc) is 2.60. The highest BCUT2D eigenvalue weighted by molar-refractivity contribution is 6.25. The van der Waals surface area contributed by atoms with Crippen molar-refractivity contribution in [2.24, 2.45) is 0 Å². The van der Waals surface area contributed by atoms with Crippen LogP contribution in [0.1, 0.15) is 40.5 Å². The largest absolute Gasteiger partial charge is 0.493 e. The van der Waals surface area contributed by atoms with Crippen LogP contribution in [-0.2, 0) is 0 Å². The Hall–Kier alpha value is -2.44. The molecule has 0 aliphatic carbocycles. The first kappa shape index (κ1) is 16.4. The van der Waals surface area contributed by atoms with Gasteiger partial charge in [-0.1, -0.05) is 25.5 Å². The normalized spacial score (nSPS) is 13.7. The Labute approximate surface area is 140 Å². The van der Waals surface area contributed by atoms with E-state index < -0.39 is 11.8 Å². The molecule has 0 saturated heterocycles. The van der Waals surface area contributed by atoms with Crippen molar-refractivity contribution in [3.05, 3.63) is 41.5 Å². The third-order valence-electron chi connectivity index (χ3n) is 4.00. The number of benzene rings is 2. The number of ether oxygens (including phenoxy) is 1. The number of aliphatic hydroxyl groups excluding tert-OH is 1. The first-order chi connectivity index (χ1) is 11.7. The van der Waals surface area contributed by atoms with E-state index >= 15 is 0 Å². The lowest BCUT2D eigenvalue weighted by atomic mass is 9.94. The van der Waals surface area contributed by atoms with Crippen molar-refractivity contribution in [3.8, 4) is 5.75 Å². The van der Waals surface area contributed by atoms with Gasteiger partial charge in [-0.3, -0.25) is 9.59 Å². The molecule has 0 fully saturated rings. The fraction of sp³-hybridized carbons (Fsp3) is 0.333. The minimum Gasteiger partial charge on any atom is -0.493 e. The van der Waals surface area contributed by atoms with Crippen molar-refractivity contribution in [2.45, 2.75) is 19.8 Å². The number of carbonyl (C=O) groups is 2. The van der Waals surface area contributed by atoms with Crippen molar-refractivity contribution in [2.75, 3.05) is 19.8 Å². The minimum absolute atomic E-state index is 0.126. The van der Waals surface area contributed by atoms with E-state index in [4.69, 9.17) is 9.84 Å². The molecule has 2 aromatic carbocycles. The van der Waals surface area contributed by atoms with Gasteiger partial charge in [0.2, 0.25) is 0 Å². The van der Waals surface area contributed by atoms with Crippen LogP contribution in [0.2, 0.25) is 0 Å². The second-order valence-electron chi connectivity index (χ2n) is 5.62. The molecule has 3 rings (SSSR count). The number of amides is 2. The number of hydrogen-bond donors (Lipinski definition) is 2. The van der Waals surface area contributed by atoms with Crippen LogP contribution in [0.15, 0.2) is 30.3 Å². The predicted octanol–water partition coefficient (Wildman–Crippen LogP) is 2.11. The Morgan fingerprint density at radius 2 is 1.88 bits per heavy atom. The molecule has 1 aliphatic rings. The lowest BCUT2D eigenvalue weighted by molar-refractivity contribution is 0.0509. The topological polar surface area (TPSA) is 78.9 Å². The molecule has 2 aromatic rings. The molecule has 0 atom stereocenters. The van der Waals surface area contributed by atoms with Gasteiger partial charge in [0.25, 0.3) is 11.8 Å². The zero-order valence-corrected chi connectivity index (χ0v) is 13.5. The Balaban J connectivity index is 2.06. The van der Waals surface area contributed by atoms with E-state index in [1.54, 1.807) is 24.3 Å². The summed E-state index contributed by atoms with van der Waals surface area (Å²) in [5.41, 5.74) is 3.57. The molecular weight excluding hydrogens is 308 g/mol. The summed E-state index contributed by atoms with van der Waals surface area (Å²) in [4.78, 5) is 25.2. The van der Waals surface area contributed by atoms with E-state index in [1.807, 2.05) is 6.07 Å². The molecule has 126 valence electrons. The highest BCUT2D eigenvalue weighted by Gasteiger charge is 2.33. The summed E-state index contributed by atoms with van der Waals surface area (Å²) >= 11 is 0. The molecule has 24 heavy (non-hydrogen) atoms. The highest BCUT2D eigenvalue weighted by Crippen LogP contribution is 2.35. The van der Waals surface area contributed by atoms with Gasteiger partial charge in [-0.05, 0) is 24.6 Å². The van der Waals surface area contributed by atoms with E-state index in [9.17, 15) is 9.59 Å². The van der Waals surface area contributed by atoms with E-state index in [0.29, 0.717) is 28.9 Å². The standard InChI is InChI=1S/C18H20N2O4/c1-2-3-11-24-15-8-7-14-16-12(15)5-4-6-13(16)17(22)20(18(14)23)19-9-10-21/h4-8,19,21H,2-3,9-11H2,1H3. The maximum absolute atomic E-state index is 12.6. The van der Waals surface area contributed by atoms with E-state index in [1.165, 1.54) is 0 Å². The lowest BCUT2D eigenvalue weighted by Gasteiger charge is -2.27. The van der Waals surface area contributed by atoms with Crippen molar-refractivity contribution in [3.63, 3.8) is 0 Å². The fourth-order valence-corrected chi connectivity index (χ4v) is 2.83. The van der Waals surface area contributed by atoms with Gasteiger partial charge in [-0.25, -0.2) is 10.4 Å². The van der Waals surface area contributed by atoms with Gasteiger partial charge in [0.1, 0.15) is 5.75 Å². The molecule has 0 spiro atoms. The van der Waals surface area contributed by atoms with Gasteiger partial charge in [-0.15, -0.1) is 0 Å². The number of nitrogens with zero attached hydrogens (tertiary/aromatic N) is 1. The zero-order chi connectivity index (χ0) is 17.1. The van der Waals surface area contributed by atoms with Crippen molar-refractivity contribution < 1.29 is 19.4 Å². The number of rotatable bonds is 7. The number of hydrogen-bond acceptors (Lipinski definition) is 5. The SMILES string of the molecule is CCCCOc1ccc2c3c(cccc13)C(=O)N(NCCO)C2=O. The molecule has 2 N–H and O–H groups in total. The number of carbonyl (C=O) groups excluding carboxylic acids is 2. The lowest BCUT2D eigenvalue weighted by Crippen LogP contribution is -2.50. The van der Waals surface area contributed by atoms with Gasteiger partial charge in [0, 0.05) is 17.3 Å². The maximum Gasteiger partial charge on any atom is 0.275 e. The number of imide groups is 1. The van der Waals surface area contributed by atoms with Gasteiger partial charge in [0.05, 0.1) is 24.3 Å². The van der Waals surface area contributed by atoms with Crippen LogP contribution in [0.25, 0.3) is 10.8 Å². The van der Waals surface area contributed by atoms with Crippen LogP contribution in [0.3, 0.4) is 0 Å². The molecule has 0 radical (unpaired) electrons. The average molecular weight is 328 g/mol. The van der Waals surface area contributed by atoms with E-state index in [-0.39, 0.29) is 13.2 Å². The second-order valence-corrected chi connectivity index (χ2v) is 5.62. The van der Waals surface area contributed by atoms with E-state index in [0.717, 1.165) is 23.2 Å². The summed E-state index contributed by atoms with van der Waals surface area (Å²) in [7, 11) is 0. The number of nitrogens with one attached hydrogen (secondary N) is 1. The van der Waals surface area contributed by atoms with Crippen molar-refractivity contribution in [1.29, 1.82) is 0 Å². The molecule has 0 aromatic heterocycles. The molecule has 0 saturated carbocycles. The Morgan fingerprint density at radius 1 is 1.12 bits per heavy atom. The van der Waals surface area contributed by atoms with Crippen LogP contribution in [0.5, 0.6) is 5.75 Å². The summed E-state index contributed by atoms with van der Waals surface area (Å²) in [6, 6.07) is 8.81. The third-order valence-corrected chi connectivity index (χ3v) is 4.00. The van der Waals surface area contributed by atoms with Crippen LogP contribution in [0, 0.1) is 0 Å². The molecular formula is C18H20N2O4. The second kappa shape index (κ2) is 6.98. The summed E-state index contributed by atoms with van der Waals surface area (Å²) in [6.45, 7) is 2.65. The summed E-state index contributed by atoms with van der Waals surface area (Å²) < 4.78 is 5.82. The highest BCUT2D eigenvalue weighted by atomic mass is 16.5. The van der Waals surface area contributed by atoms with Crippen molar-refractivity contribution >= 4 is 22.6 Å². The summed E-state index contributed by atoms with van der Waals surface area (Å²) in [5.74, 6) is -0.157. The Kier molecular flexibility index (Phi) is 4.78. The van der Waals surface area contributed by atoms with Gasteiger partial charge in [-0.2, -0.15) is 0 Å². The maximum atomic E-state index is 12.6. The molecule has 1 aliphatic heterocycles. The zero-order valence-electron chi connectivity index (χ0n) is 13.5. The van der Waals surface area contributed by atoms with Crippen LogP contribution in [-0.4, -0.2) is 41.7 Å². The van der Waals surface area contributed by atoms with Gasteiger partial charge < -0.3 is 9.84 Å². The molecule has 0 bridgehead atoms. The van der Waals surface area contributed by atoms with Crippen LogP contribution < -0.4 is 10.2 Å². The van der Waals surface area contributed by atoms with Crippen molar-refractivity contribution in [1.82, 2.24) is 10.4 Å². The van der Waals surface area contributed by atoms with Crippen LogP contribution in [0.4, 0.5) is 0 Å². The molecule has 6 heteroatoms. The minimum atomic E-state index is -0.419. The monoisotopic (exact) mass is 328 g/mol. The van der Waals surface area contributed by atoms with Crippen LogP contribution >= 0.6 is 0 Å². The van der Waals surface area contributed by atoms with E-state index in [2.05, 4.69) is 12.3 Å². The first-order valence-corrected chi connectivity index (χ1v) is 8.10. The third kappa shape index (κ3) is 2.74. The predicted molar refractivity (Wildman–Crippen MR) is 89.9 cm³/mol. The molecule has 6 nitrogen and oxygen atoms in total. The molecule has 2 amide bonds. The quantitative estimate of drug-likeness (QED) is 0.601. The summed E-state index contributed by atoms with van der Waals surface area (Å²) in [6.07, 6.45) is 1.98. The molecule has 1 heterocycles.